The molecule has 0 aliphatic heterocycles. The van der Waals surface area contributed by atoms with Gasteiger partial charge in [0.2, 0.25) is 0 Å². The average molecular weight is 238 g/mol. The minimum atomic E-state index is -0.387. The number of hydrogen-bond acceptors (Lipinski definition) is 1. The molecule has 0 aromatic rings. The van der Waals surface area contributed by atoms with E-state index >= 15 is 0 Å². The van der Waals surface area contributed by atoms with E-state index in [1.54, 1.807) is 0 Å². The normalized spacial score (nSPS) is 11.9. The average Bonchev–Trinajstić information content (AvgIpc) is 2.33. The van der Waals surface area contributed by atoms with Crippen LogP contribution in [0.4, 0.5) is 0 Å². The summed E-state index contributed by atoms with van der Waals surface area (Å²) in [6.45, 7) is 4.42. The molecule has 17 heavy (non-hydrogen) atoms. The van der Waals surface area contributed by atoms with Gasteiger partial charge in [-0.15, -0.1) is 5.92 Å². The lowest BCUT2D eigenvalue weighted by molar-refractivity contribution is 0.217. The van der Waals surface area contributed by atoms with Gasteiger partial charge in [0.25, 0.3) is 0 Å². The zero-order chi connectivity index (χ0) is 12.8. The predicted octanol–water partition coefficient (Wildman–Crippen LogP) is 4.68. The van der Waals surface area contributed by atoms with Crippen molar-refractivity contribution in [1.82, 2.24) is 0 Å². The maximum absolute atomic E-state index is 9.57. The molecule has 100 valence electrons. The van der Waals surface area contributed by atoms with Gasteiger partial charge in [-0.25, -0.2) is 0 Å². The molecule has 0 spiro atoms. The first-order valence-corrected chi connectivity index (χ1v) is 7.47. The summed E-state index contributed by atoms with van der Waals surface area (Å²) < 4.78 is 0. The molecule has 0 aliphatic rings. The molecule has 1 atom stereocenters. The molecule has 0 heterocycles. The van der Waals surface area contributed by atoms with Crippen molar-refractivity contribution in [1.29, 1.82) is 0 Å². The molecule has 1 nitrogen and oxygen atoms in total. The van der Waals surface area contributed by atoms with Crippen molar-refractivity contribution in [3.8, 4) is 11.8 Å². The maximum atomic E-state index is 9.57. The number of aliphatic hydroxyl groups is 1. The fourth-order valence-corrected chi connectivity index (χ4v) is 1.84. The first kappa shape index (κ1) is 16.5. The Morgan fingerprint density at radius 3 is 2.12 bits per heavy atom. The fraction of sp³-hybridized carbons (Fsp3) is 0.875. The molecule has 0 aliphatic carbocycles. The Kier molecular flexibility index (Phi) is 13.2. The van der Waals surface area contributed by atoms with E-state index in [9.17, 15) is 5.11 Å². The van der Waals surface area contributed by atoms with E-state index in [0.717, 1.165) is 19.3 Å². The van der Waals surface area contributed by atoms with Crippen LogP contribution in [0.1, 0.15) is 84.5 Å². The summed E-state index contributed by atoms with van der Waals surface area (Å²) in [4.78, 5) is 0. The summed E-state index contributed by atoms with van der Waals surface area (Å²) in [5.41, 5.74) is 0. The lowest BCUT2D eigenvalue weighted by Crippen LogP contribution is -2.01. The molecule has 0 radical (unpaired) electrons. The van der Waals surface area contributed by atoms with Crippen LogP contribution in [0.25, 0.3) is 0 Å². The highest BCUT2D eigenvalue weighted by Gasteiger charge is 1.97. The van der Waals surface area contributed by atoms with Crippen molar-refractivity contribution in [2.45, 2.75) is 90.6 Å². The van der Waals surface area contributed by atoms with Gasteiger partial charge in [-0.2, -0.15) is 0 Å². The Morgan fingerprint density at radius 1 is 0.824 bits per heavy atom. The van der Waals surface area contributed by atoms with Crippen LogP contribution in [-0.4, -0.2) is 11.2 Å². The molecule has 0 rings (SSSR count). The molecule has 0 saturated carbocycles. The molecule has 0 fully saturated rings. The highest BCUT2D eigenvalue weighted by atomic mass is 16.3. The molecule has 1 N–H and O–H groups in total. The molecular weight excluding hydrogens is 208 g/mol. The van der Waals surface area contributed by atoms with Gasteiger partial charge in [-0.3, -0.25) is 0 Å². The summed E-state index contributed by atoms with van der Waals surface area (Å²) >= 11 is 0. The number of hydrogen-bond donors (Lipinski definition) is 1. The van der Waals surface area contributed by atoms with E-state index in [4.69, 9.17) is 0 Å². The quantitative estimate of drug-likeness (QED) is 0.433. The Balaban J connectivity index is 3.28. The van der Waals surface area contributed by atoms with Crippen LogP contribution < -0.4 is 0 Å². The van der Waals surface area contributed by atoms with Crippen molar-refractivity contribution < 1.29 is 5.11 Å². The number of aliphatic hydroxyl groups excluding tert-OH is 1. The van der Waals surface area contributed by atoms with Crippen LogP contribution in [0.5, 0.6) is 0 Å². The van der Waals surface area contributed by atoms with Gasteiger partial charge < -0.3 is 5.11 Å². The van der Waals surface area contributed by atoms with Crippen LogP contribution in [-0.2, 0) is 0 Å². The highest BCUT2D eigenvalue weighted by molar-refractivity contribution is 5.04. The Morgan fingerprint density at radius 2 is 1.41 bits per heavy atom. The van der Waals surface area contributed by atoms with Gasteiger partial charge in [-0.05, 0) is 19.3 Å². The zero-order valence-electron chi connectivity index (χ0n) is 11.8. The van der Waals surface area contributed by atoms with Crippen LogP contribution in [0.3, 0.4) is 0 Å². The second kappa shape index (κ2) is 13.6. The summed E-state index contributed by atoms with van der Waals surface area (Å²) in [6, 6.07) is 0. The van der Waals surface area contributed by atoms with E-state index in [1.165, 1.54) is 51.4 Å². The SMILES string of the molecule is CCCCCCCCC#C[C@@H](O)CCCCC. The van der Waals surface area contributed by atoms with E-state index < -0.39 is 0 Å². The van der Waals surface area contributed by atoms with Gasteiger partial charge in [0.05, 0.1) is 0 Å². The molecule has 0 unspecified atom stereocenters. The standard InChI is InChI=1S/C16H30O/c1-3-5-7-8-9-10-11-13-15-16(17)14-12-6-4-2/h16-17H,3-12,14H2,1-2H3/t16-/m0/s1. The summed E-state index contributed by atoms with van der Waals surface area (Å²) in [5.74, 6) is 6.05. The molecule has 0 bridgehead atoms. The van der Waals surface area contributed by atoms with E-state index in [1.807, 2.05) is 0 Å². The predicted molar refractivity (Wildman–Crippen MR) is 75.9 cm³/mol. The van der Waals surface area contributed by atoms with Crippen LogP contribution in [0.2, 0.25) is 0 Å². The van der Waals surface area contributed by atoms with E-state index in [-0.39, 0.29) is 6.10 Å². The van der Waals surface area contributed by atoms with Gasteiger partial charge in [0.1, 0.15) is 6.10 Å². The molecule has 0 aromatic heterocycles. The minimum absolute atomic E-state index is 0.387. The van der Waals surface area contributed by atoms with Crippen molar-refractivity contribution in [2.24, 2.45) is 0 Å². The monoisotopic (exact) mass is 238 g/mol. The van der Waals surface area contributed by atoms with Crippen molar-refractivity contribution in [3.63, 3.8) is 0 Å². The van der Waals surface area contributed by atoms with Crippen molar-refractivity contribution in [2.75, 3.05) is 0 Å². The third-order valence-electron chi connectivity index (χ3n) is 3.01. The first-order chi connectivity index (χ1) is 8.31. The maximum Gasteiger partial charge on any atom is 0.114 e. The second-order valence-corrected chi connectivity index (χ2v) is 4.85. The van der Waals surface area contributed by atoms with Crippen molar-refractivity contribution >= 4 is 0 Å². The van der Waals surface area contributed by atoms with Crippen molar-refractivity contribution in [3.05, 3.63) is 0 Å². The molecular formula is C16H30O. The number of unbranched alkanes of at least 4 members (excludes halogenated alkanes) is 8. The first-order valence-electron chi connectivity index (χ1n) is 7.47. The molecule has 1 heteroatoms. The second-order valence-electron chi connectivity index (χ2n) is 4.85. The van der Waals surface area contributed by atoms with Crippen LogP contribution in [0, 0.1) is 11.8 Å². The lowest BCUT2D eigenvalue weighted by Gasteiger charge is -2.01. The summed E-state index contributed by atoms with van der Waals surface area (Å²) in [6.07, 6.45) is 12.8. The Bertz CT molecular complexity index is 199. The smallest absolute Gasteiger partial charge is 0.114 e. The Labute approximate surface area is 108 Å². The minimum Gasteiger partial charge on any atom is -0.380 e. The zero-order valence-corrected chi connectivity index (χ0v) is 11.8. The van der Waals surface area contributed by atoms with Crippen LogP contribution in [0.15, 0.2) is 0 Å². The highest BCUT2D eigenvalue weighted by Crippen LogP contribution is 2.06. The van der Waals surface area contributed by atoms with Gasteiger partial charge in [0, 0.05) is 6.42 Å². The summed E-state index contributed by atoms with van der Waals surface area (Å²) in [7, 11) is 0. The van der Waals surface area contributed by atoms with Crippen LogP contribution >= 0.6 is 0 Å². The lowest BCUT2D eigenvalue weighted by atomic mass is 10.1. The number of rotatable bonds is 10. The molecule has 0 aromatic carbocycles. The van der Waals surface area contributed by atoms with E-state index in [0.29, 0.717) is 0 Å². The third kappa shape index (κ3) is 13.5. The molecule has 0 amide bonds. The third-order valence-corrected chi connectivity index (χ3v) is 3.01. The van der Waals surface area contributed by atoms with Gasteiger partial charge >= 0.3 is 0 Å². The van der Waals surface area contributed by atoms with E-state index in [2.05, 4.69) is 25.7 Å². The fourth-order valence-electron chi connectivity index (χ4n) is 1.84. The van der Waals surface area contributed by atoms with Gasteiger partial charge in [0.15, 0.2) is 0 Å². The topological polar surface area (TPSA) is 20.2 Å². The summed E-state index contributed by atoms with van der Waals surface area (Å²) in [5, 5.41) is 9.57. The molecule has 0 saturated heterocycles. The Hall–Kier alpha value is -0.480. The largest absolute Gasteiger partial charge is 0.380 e. The van der Waals surface area contributed by atoms with Gasteiger partial charge in [-0.1, -0.05) is 64.7 Å².